The largest absolute Gasteiger partial charge is 0.358 e. The van der Waals surface area contributed by atoms with Crippen molar-refractivity contribution in [2.24, 2.45) is 0 Å². The van der Waals surface area contributed by atoms with Gasteiger partial charge in [0.1, 0.15) is 0 Å². The molecule has 1 aliphatic rings. The Hall–Kier alpha value is -0.650. The van der Waals surface area contributed by atoms with Gasteiger partial charge in [-0.25, -0.2) is 0 Å². The van der Waals surface area contributed by atoms with Crippen molar-refractivity contribution >= 4 is 28.7 Å². The van der Waals surface area contributed by atoms with Crippen LogP contribution in [0.1, 0.15) is 17.7 Å². The fourth-order valence-corrected chi connectivity index (χ4v) is 3.35. The number of nitrogens with zero attached hydrogens (tertiary/aromatic N) is 2. The number of nitrogens with one attached hydrogen (secondary N) is 1. The van der Waals surface area contributed by atoms with Crippen molar-refractivity contribution in [1.82, 2.24) is 15.1 Å². The first-order chi connectivity index (χ1) is 8.66. The molecular weight excluding hydrogens is 262 g/mol. The Morgan fingerprint density at radius 2 is 2.44 bits per heavy atom. The van der Waals surface area contributed by atoms with Crippen molar-refractivity contribution in [3.8, 4) is 0 Å². The van der Waals surface area contributed by atoms with Crippen molar-refractivity contribution in [2.75, 3.05) is 27.2 Å². The first-order valence-electron chi connectivity index (χ1n) is 6.38. The molecule has 0 saturated carbocycles. The summed E-state index contributed by atoms with van der Waals surface area (Å²) in [6.45, 7) is 3.03. The fourth-order valence-electron chi connectivity index (χ4n) is 2.39. The third-order valence-corrected chi connectivity index (χ3v) is 4.46. The molecule has 1 saturated heterocycles. The van der Waals surface area contributed by atoms with E-state index in [1.54, 1.807) is 11.3 Å². The molecular formula is C13H21N3S2. The maximum Gasteiger partial charge on any atom is 0.169 e. The van der Waals surface area contributed by atoms with Gasteiger partial charge < -0.3 is 15.1 Å². The molecule has 100 valence electrons. The number of hydrogen-bond acceptors (Lipinski definition) is 3. The molecule has 5 heteroatoms. The van der Waals surface area contributed by atoms with Gasteiger partial charge in [-0.1, -0.05) is 6.07 Å². The summed E-state index contributed by atoms with van der Waals surface area (Å²) >= 11 is 7.29. The minimum atomic E-state index is 0.573. The van der Waals surface area contributed by atoms with Gasteiger partial charge in [0.25, 0.3) is 0 Å². The summed E-state index contributed by atoms with van der Waals surface area (Å²) in [5.74, 6) is 0. The molecule has 0 aliphatic carbocycles. The second-order valence-corrected chi connectivity index (χ2v) is 6.41. The summed E-state index contributed by atoms with van der Waals surface area (Å²) in [5.41, 5.74) is 0. The summed E-state index contributed by atoms with van der Waals surface area (Å²) in [6, 6.07) is 4.79. The molecule has 1 atom stereocenters. The molecule has 18 heavy (non-hydrogen) atoms. The number of hydrogen-bond donors (Lipinski definition) is 1. The highest BCUT2D eigenvalue weighted by Gasteiger charge is 2.26. The van der Waals surface area contributed by atoms with Crippen LogP contribution in [0.3, 0.4) is 0 Å². The standard InChI is InChI=1S/C13H21N3S2/c1-15(2)10-11-5-3-7-16(11)13(17)14-9-12-6-4-8-18-12/h4,6,8,11H,3,5,7,9-10H2,1-2H3,(H,14,17). The van der Waals surface area contributed by atoms with Gasteiger partial charge in [0.2, 0.25) is 0 Å². The van der Waals surface area contributed by atoms with E-state index in [1.165, 1.54) is 17.7 Å². The molecule has 1 aromatic heterocycles. The van der Waals surface area contributed by atoms with E-state index in [2.05, 4.69) is 46.7 Å². The second kappa shape index (κ2) is 6.50. The van der Waals surface area contributed by atoms with E-state index in [4.69, 9.17) is 12.2 Å². The van der Waals surface area contributed by atoms with E-state index in [0.717, 1.165) is 24.7 Å². The Morgan fingerprint density at radius 3 is 3.11 bits per heavy atom. The third-order valence-electron chi connectivity index (χ3n) is 3.21. The predicted octanol–water partition coefficient (Wildman–Crippen LogP) is 2.15. The average Bonchev–Trinajstić information content (AvgIpc) is 2.95. The van der Waals surface area contributed by atoms with Crippen LogP contribution in [0.25, 0.3) is 0 Å². The average molecular weight is 283 g/mol. The number of likely N-dealkylation sites (N-methyl/N-ethyl adjacent to an activating group) is 1. The molecule has 1 unspecified atom stereocenters. The van der Waals surface area contributed by atoms with Gasteiger partial charge in [-0.3, -0.25) is 0 Å². The summed E-state index contributed by atoms with van der Waals surface area (Å²) in [5, 5.41) is 6.39. The summed E-state index contributed by atoms with van der Waals surface area (Å²) in [4.78, 5) is 5.93. The Bertz CT molecular complexity index is 376. The van der Waals surface area contributed by atoms with E-state index in [0.29, 0.717) is 6.04 Å². The Morgan fingerprint density at radius 1 is 1.61 bits per heavy atom. The van der Waals surface area contributed by atoms with Gasteiger partial charge in [-0.05, 0) is 50.6 Å². The van der Waals surface area contributed by atoms with Gasteiger partial charge in [-0.2, -0.15) is 0 Å². The van der Waals surface area contributed by atoms with E-state index in [-0.39, 0.29) is 0 Å². The van der Waals surface area contributed by atoms with E-state index in [1.807, 2.05) is 0 Å². The Balaban J connectivity index is 1.84. The second-order valence-electron chi connectivity index (χ2n) is 4.99. The number of thiocarbonyl (C=S) groups is 1. The molecule has 0 aromatic carbocycles. The molecule has 1 N–H and O–H groups in total. The molecule has 3 nitrogen and oxygen atoms in total. The van der Waals surface area contributed by atoms with E-state index in [9.17, 15) is 0 Å². The zero-order chi connectivity index (χ0) is 13.0. The normalized spacial score (nSPS) is 19.5. The van der Waals surface area contributed by atoms with Crippen LogP contribution < -0.4 is 5.32 Å². The lowest BCUT2D eigenvalue weighted by Gasteiger charge is -2.29. The maximum atomic E-state index is 5.52. The van der Waals surface area contributed by atoms with Crippen LogP contribution in [0.15, 0.2) is 17.5 Å². The number of thiophene rings is 1. The Labute approximate surface area is 119 Å². The zero-order valence-electron chi connectivity index (χ0n) is 11.1. The lowest BCUT2D eigenvalue weighted by molar-refractivity contribution is 0.283. The lowest BCUT2D eigenvalue weighted by atomic mass is 10.2. The molecule has 0 amide bonds. The van der Waals surface area contributed by atoms with Crippen molar-refractivity contribution in [1.29, 1.82) is 0 Å². The summed E-state index contributed by atoms with van der Waals surface area (Å²) in [6.07, 6.45) is 2.50. The first kappa shape index (κ1) is 13.8. The van der Waals surface area contributed by atoms with Crippen LogP contribution in [-0.4, -0.2) is 48.1 Å². The van der Waals surface area contributed by atoms with Crippen LogP contribution in [-0.2, 0) is 6.54 Å². The monoisotopic (exact) mass is 283 g/mol. The van der Waals surface area contributed by atoms with Crippen LogP contribution in [0.2, 0.25) is 0 Å². The highest BCUT2D eigenvalue weighted by Crippen LogP contribution is 2.18. The molecule has 1 fully saturated rings. The minimum Gasteiger partial charge on any atom is -0.358 e. The quantitative estimate of drug-likeness (QED) is 0.853. The van der Waals surface area contributed by atoms with Crippen molar-refractivity contribution in [2.45, 2.75) is 25.4 Å². The van der Waals surface area contributed by atoms with E-state index >= 15 is 0 Å². The Kier molecular flexibility index (Phi) is 4.97. The molecule has 0 spiro atoms. The first-order valence-corrected chi connectivity index (χ1v) is 7.67. The molecule has 0 radical (unpaired) electrons. The summed E-state index contributed by atoms with van der Waals surface area (Å²) < 4.78 is 0. The van der Waals surface area contributed by atoms with Crippen molar-refractivity contribution in [3.63, 3.8) is 0 Å². The SMILES string of the molecule is CN(C)CC1CCCN1C(=S)NCc1cccs1. The predicted molar refractivity (Wildman–Crippen MR) is 82.0 cm³/mol. The van der Waals surface area contributed by atoms with Gasteiger partial charge in [-0.15, -0.1) is 11.3 Å². The molecule has 1 aromatic rings. The van der Waals surface area contributed by atoms with Crippen LogP contribution in [0.5, 0.6) is 0 Å². The van der Waals surface area contributed by atoms with Gasteiger partial charge in [0, 0.05) is 24.0 Å². The van der Waals surface area contributed by atoms with E-state index < -0.39 is 0 Å². The molecule has 2 heterocycles. The van der Waals surface area contributed by atoms with Gasteiger partial charge in [0.05, 0.1) is 6.54 Å². The topological polar surface area (TPSA) is 18.5 Å². The van der Waals surface area contributed by atoms with Crippen molar-refractivity contribution in [3.05, 3.63) is 22.4 Å². The number of rotatable bonds is 4. The van der Waals surface area contributed by atoms with Gasteiger partial charge in [0.15, 0.2) is 5.11 Å². The maximum absolute atomic E-state index is 5.52. The highest BCUT2D eigenvalue weighted by atomic mass is 32.1. The smallest absolute Gasteiger partial charge is 0.169 e. The van der Waals surface area contributed by atoms with Crippen molar-refractivity contribution < 1.29 is 0 Å². The highest BCUT2D eigenvalue weighted by molar-refractivity contribution is 7.80. The fraction of sp³-hybridized carbons (Fsp3) is 0.615. The lowest BCUT2D eigenvalue weighted by Crippen LogP contribution is -2.45. The summed E-state index contributed by atoms with van der Waals surface area (Å²) in [7, 11) is 4.25. The van der Waals surface area contributed by atoms with Crippen LogP contribution >= 0.6 is 23.6 Å². The number of likely N-dealkylation sites (tertiary alicyclic amines) is 1. The molecule has 1 aliphatic heterocycles. The third kappa shape index (κ3) is 3.67. The molecule has 2 rings (SSSR count). The molecule has 0 bridgehead atoms. The minimum absolute atomic E-state index is 0.573. The van der Waals surface area contributed by atoms with Crippen LogP contribution in [0, 0.1) is 0 Å². The zero-order valence-corrected chi connectivity index (χ0v) is 12.7. The van der Waals surface area contributed by atoms with Crippen LogP contribution in [0.4, 0.5) is 0 Å². The van der Waals surface area contributed by atoms with Gasteiger partial charge >= 0.3 is 0 Å².